The van der Waals surface area contributed by atoms with Crippen LogP contribution in [0.5, 0.6) is 0 Å². The Hall–Kier alpha value is -0.390. The zero-order valence-corrected chi connectivity index (χ0v) is 21.6. The predicted octanol–water partition coefficient (Wildman–Crippen LogP) is 3.89. The van der Waals surface area contributed by atoms with Crippen LogP contribution in [0.4, 0.5) is 0 Å². The van der Waals surface area contributed by atoms with E-state index >= 15 is 0 Å². The zero-order valence-electron chi connectivity index (χ0n) is 17.6. The minimum atomic E-state index is -3.36. The molecular formula is C19H35IN4O2S2. The van der Waals surface area contributed by atoms with E-state index in [1.54, 1.807) is 27.2 Å². The van der Waals surface area contributed by atoms with Crippen LogP contribution in [0.2, 0.25) is 0 Å². The molecule has 0 radical (unpaired) electrons. The number of sulfonamides is 1. The standard InChI is InChI=1S/C19H34N4O2S2.HI/c1-15(2)12-19(10-6-7-11-19)14-22-18(20-3)21-13-16-8-9-17(26-16)27(24,25)23(4)5;/h8-9,15H,6-7,10-14H2,1-5H3,(H2,20,21,22);1H. The lowest BCUT2D eigenvalue weighted by Gasteiger charge is -2.31. The SMILES string of the molecule is CN=C(NCc1ccc(S(=O)(=O)N(C)C)s1)NCC1(CC(C)C)CCCC1.I. The van der Waals surface area contributed by atoms with Crippen molar-refractivity contribution in [1.29, 1.82) is 0 Å². The summed E-state index contributed by atoms with van der Waals surface area (Å²) in [7, 11) is 1.51. The summed E-state index contributed by atoms with van der Waals surface area (Å²) in [6.07, 6.45) is 6.45. The van der Waals surface area contributed by atoms with E-state index in [1.165, 1.54) is 47.7 Å². The number of hydrogen-bond donors (Lipinski definition) is 2. The highest BCUT2D eigenvalue weighted by Gasteiger charge is 2.34. The summed E-state index contributed by atoms with van der Waals surface area (Å²) >= 11 is 1.30. The van der Waals surface area contributed by atoms with Crippen molar-refractivity contribution in [1.82, 2.24) is 14.9 Å². The van der Waals surface area contributed by atoms with Gasteiger partial charge in [0.15, 0.2) is 5.96 Å². The maximum Gasteiger partial charge on any atom is 0.252 e. The van der Waals surface area contributed by atoms with Crippen molar-refractivity contribution in [2.45, 2.75) is 56.7 Å². The summed E-state index contributed by atoms with van der Waals surface area (Å²) in [4.78, 5) is 5.30. The van der Waals surface area contributed by atoms with Gasteiger partial charge in [0.25, 0.3) is 10.0 Å². The highest BCUT2D eigenvalue weighted by Crippen LogP contribution is 2.42. The molecule has 9 heteroatoms. The molecule has 1 aromatic rings. The second kappa shape index (κ2) is 11.1. The number of rotatable bonds is 8. The topological polar surface area (TPSA) is 73.8 Å². The van der Waals surface area contributed by atoms with E-state index in [4.69, 9.17) is 0 Å². The minimum absolute atomic E-state index is 0. The molecule has 0 aromatic carbocycles. The van der Waals surface area contributed by atoms with Crippen molar-refractivity contribution in [3.63, 3.8) is 0 Å². The molecule has 1 aromatic heterocycles. The molecule has 1 saturated carbocycles. The molecule has 1 aliphatic carbocycles. The average molecular weight is 543 g/mol. The van der Waals surface area contributed by atoms with Gasteiger partial charge in [0, 0.05) is 32.6 Å². The fourth-order valence-corrected chi connectivity index (χ4v) is 6.34. The van der Waals surface area contributed by atoms with Crippen molar-refractivity contribution >= 4 is 51.3 Å². The number of nitrogens with one attached hydrogen (secondary N) is 2. The second-order valence-electron chi connectivity index (χ2n) is 8.09. The van der Waals surface area contributed by atoms with Crippen LogP contribution in [0, 0.1) is 11.3 Å². The van der Waals surface area contributed by atoms with Gasteiger partial charge >= 0.3 is 0 Å². The molecule has 0 bridgehead atoms. The van der Waals surface area contributed by atoms with E-state index < -0.39 is 10.0 Å². The third-order valence-electron chi connectivity index (χ3n) is 5.16. The number of nitrogens with zero attached hydrogens (tertiary/aromatic N) is 2. The van der Waals surface area contributed by atoms with Crippen LogP contribution >= 0.6 is 35.3 Å². The summed E-state index contributed by atoms with van der Waals surface area (Å²) in [6, 6.07) is 3.53. The smallest absolute Gasteiger partial charge is 0.252 e. The summed E-state index contributed by atoms with van der Waals surface area (Å²) in [6.45, 7) is 6.09. The maximum absolute atomic E-state index is 12.2. The lowest BCUT2D eigenvalue weighted by Crippen LogP contribution is -2.43. The summed E-state index contributed by atoms with van der Waals surface area (Å²) in [5, 5.41) is 6.82. The molecule has 1 heterocycles. The second-order valence-corrected chi connectivity index (χ2v) is 11.6. The summed E-state index contributed by atoms with van der Waals surface area (Å²) in [5.74, 6) is 1.47. The first kappa shape index (κ1) is 25.6. The lowest BCUT2D eigenvalue weighted by atomic mass is 9.78. The Morgan fingerprint density at radius 3 is 2.43 bits per heavy atom. The van der Waals surface area contributed by atoms with E-state index in [1.807, 2.05) is 6.07 Å². The van der Waals surface area contributed by atoms with Gasteiger partial charge in [-0.2, -0.15) is 0 Å². The quantitative estimate of drug-likeness (QED) is 0.297. The Kier molecular flexibility index (Phi) is 10.2. The number of guanidine groups is 1. The molecule has 28 heavy (non-hydrogen) atoms. The zero-order chi connectivity index (χ0) is 20.1. The first-order valence-corrected chi connectivity index (χ1v) is 11.9. The normalized spacial score (nSPS) is 17.0. The average Bonchev–Trinajstić information content (AvgIpc) is 3.24. The fourth-order valence-electron chi connectivity index (χ4n) is 3.88. The summed E-state index contributed by atoms with van der Waals surface area (Å²) < 4.78 is 26.0. The molecule has 2 N–H and O–H groups in total. The Morgan fingerprint density at radius 2 is 1.89 bits per heavy atom. The van der Waals surface area contributed by atoms with Gasteiger partial charge in [-0.1, -0.05) is 26.7 Å². The third kappa shape index (κ3) is 6.84. The Balaban J connectivity index is 0.00000392. The molecule has 0 aliphatic heterocycles. The largest absolute Gasteiger partial charge is 0.356 e. The monoisotopic (exact) mass is 542 g/mol. The van der Waals surface area contributed by atoms with Crippen molar-refractivity contribution in [3.8, 4) is 0 Å². The van der Waals surface area contributed by atoms with Crippen LogP contribution in [0.1, 0.15) is 50.8 Å². The van der Waals surface area contributed by atoms with Gasteiger partial charge in [0.1, 0.15) is 4.21 Å². The van der Waals surface area contributed by atoms with Crippen molar-refractivity contribution < 1.29 is 8.42 Å². The van der Waals surface area contributed by atoms with Crippen molar-refractivity contribution in [2.75, 3.05) is 27.7 Å². The number of aliphatic imine (C=N–C) groups is 1. The number of hydrogen-bond acceptors (Lipinski definition) is 4. The maximum atomic E-state index is 12.2. The number of thiophene rings is 1. The summed E-state index contributed by atoms with van der Waals surface area (Å²) in [5.41, 5.74) is 0.377. The van der Waals surface area contributed by atoms with E-state index in [0.717, 1.165) is 17.4 Å². The molecule has 162 valence electrons. The van der Waals surface area contributed by atoms with Gasteiger partial charge in [-0.05, 0) is 42.7 Å². The molecule has 0 saturated heterocycles. The van der Waals surface area contributed by atoms with Gasteiger partial charge in [-0.15, -0.1) is 35.3 Å². The Bertz CT molecular complexity index is 739. The van der Waals surface area contributed by atoms with E-state index in [2.05, 4.69) is 29.5 Å². The van der Waals surface area contributed by atoms with Crippen LogP contribution in [-0.4, -0.2) is 46.4 Å². The predicted molar refractivity (Wildman–Crippen MR) is 129 cm³/mol. The fraction of sp³-hybridized carbons (Fsp3) is 0.737. The number of halogens is 1. The first-order valence-electron chi connectivity index (χ1n) is 9.64. The van der Waals surface area contributed by atoms with Gasteiger partial charge in [0.05, 0.1) is 6.54 Å². The molecule has 0 spiro atoms. The third-order valence-corrected chi connectivity index (χ3v) is 8.53. The van der Waals surface area contributed by atoms with Gasteiger partial charge < -0.3 is 10.6 Å². The van der Waals surface area contributed by atoms with Crippen molar-refractivity contribution in [2.24, 2.45) is 16.3 Å². The Morgan fingerprint density at radius 1 is 1.25 bits per heavy atom. The van der Waals surface area contributed by atoms with Crippen LogP contribution < -0.4 is 10.6 Å². The molecule has 0 amide bonds. The van der Waals surface area contributed by atoms with Crippen molar-refractivity contribution in [3.05, 3.63) is 17.0 Å². The molecule has 1 fully saturated rings. The van der Waals surface area contributed by atoms with Crippen LogP contribution in [0.15, 0.2) is 21.3 Å². The van der Waals surface area contributed by atoms with Crippen LogP contribution in [0.25, 0.3) is 0 Å². The van der Waals surface area contributed by atoms with Crippen LogP contribution in [-0.2, 0) is 16.6 Å². The highest BCUT2D eigenvalue weighted by molar-refractivity contribution is 14.0. The molecule has 2 rings (SSSR count). The van der Waals surface area contributed by atoms with Crippen LogP contribution in [0.3, 0.4) is 0 Å². The van der Waals surface area contributed by atoms with E-state index in [-0.39, 0.29) is 24.0 Å². The first-order chi connectivity index (χ1) is 12.7. The van der Waals surface area contributed by atoms with Gasteiger partial charge in [-0.25, -0.2) is 12.7 Å². The molecule has 0 atom stereocenters. The van der Waals surface area contributed by atoms with Gasteiger partial charge in [0.2, 0.25) is 0 Å². The molecule has 6 nitrogen and oxygen atoms in total. The van der Waals surface area contributed by atoms with E-state index in [0.29, 0.717) is 22.1 Å². The minimum Gasteiger partial charge on any atom is -0.356 e. The molecule has 1 aliphatic rings. The Labute approximate surface area is 191 Å². The molecular weight excluding hydrogens is 507 g/mol. The highest BCUT2D eigenvalue weighted by atomic mass is 127. The van der Waals surface area contributed by atoms with Gasteiger partial charge in [-0.3, -0.25) is 4.99 Å². The van der Waals surface area contributed by atoms with E-state index in [9.17, 15) is 8.42 Å². The lowest BCUT2D eigenvalue weighted by molar-refractivity contribution is 0.235. The molecule has 0 unspecified atom stereocenters.